The molecule has 3 rings (SSSR count). The van der Waals surface area contributed by atoms with Crippen LogP contribution in [-0.2, 0) is 10.2 Å². The Morgan fingerprint density at radius 3 is 2.81 bits per heavy atom. The van der Waals surface area contributed by atoms with Gasteiger partial charge in [0.1, 0.15) is 11.6 Å². The molecule has 0 saturated carbocycles. The summed E-state index contributed by atoms with van der Waals surface area (Å²) in [5, 5.41) is 6.47. The third-order valence-electron chi connectivity index (χ3n) is 4.32. The Bertz CT molecular complexity index is 867. The average molecular weight is 360 g/mol. The number of anilines is 1. The molecule has 1 amide bonds. The number of ketones is 1. The maximum Gasteiger partial charge on any atom is 0.264 e. The van der Waals surface area contributed by atoms with E-state index in [-0.39, 0.29) is 47.3 Å². The number of nitrogens with one attached hydrogen (secondary N) is 1. The number of aromatic nitrogens is 1. The monoisotopic (exact) mass is 360 g/mol. The number of hydrogen-bond acceptors (Lipinski definition) is 5. The van der Waals surface area contributed by atoms with Gasteiger partial charge < -0.3 is 9.26 Å². The third kappa shape index (κ3) is 3.47. The highest BCUT2D eigenvalue weighted by atomic mass is 19.1. The Labute approximate surface area is 150 Å². The van der Waals surface area contributed by atoms with E-state index >= 15 is 0 Å². The lowest BCUT2D eigenvalue weighted by atomic mass is 9.92. The van der Waals surface area contributed by atoms with Gasteiger partial charge in [-0.25, -0.2) is 4.39 Å². The van der Waals surface area contributed by atoms with Crippen molar-refractivity contribution in [2.45, 2.75) is 45.4 Å². The van der Waals surface area contributed by atoms with Crippen LogP contribution in [0.15, 0.2) is 22.7 Å². The van der Waals surface area contributed by atoms with Crippen LogP contribution in [0.25, 0.3) is 0 Å². The van der Waals surface area contributed by atoms with Gasteiger partial charge in [0.05, 0.1) is 11.3 Å². The minimum atomic E-state index is -0.460. The van der Waals surface area contributed by atoms with Gasteiger partial charge in [-0.05, 0) is 18.1 Å². The zero-order chi connectivity index (χ0) is 19.1. The number of carbonyl (C=O) groups excluding carboxylic acids is 2. The molecule has 1 aliphatic rings. The average Bonchev–Trinajstić information content (AvgIpc) is 3.12. The third-order valence-corrected chi connectivity index (χ3v) is 4.32. The number of nitrogens with zero attached hydrogens (tertiary/aromatic N) is 1. The van der Waals surface area contributed by atoms with Gasteiger partial charge in [-0.15, -0.1) is 0 Å². The molecule has 7 heteroatoms. The van der Waals surface area contributed by atoms with Crippen LogP contribution in [-0.4, -0.2) is 23.5 Å². The normalized spacial score (nSPS) is 16.5. The molecule has 1 aromatic carbocycles. The van der Waals surface area contributed by atoms with Crippen molar-refractivity contribution < 1.29 is 23.2 Å². The second-order valence-electron chi connectivity index (χ2n) is 7.53. The summed E-state index contributed by atoms with van der Waals surface area (Å²) in [6.45, 7) is 7.40. The second kappa shape index (κ2) is 6.55. The first kappa shape index (κ1) is 18.1. The fourth-order valence-electron chi connectivity index (χ4n) is 2.95. The number of ether oxygens (including phenoxy) is 1. The summed E-state index contributed by atoms with van der Waals surface area (Å²) in [5.41, 5.74) is 1.11. The first-order chi connectivity index (χ1) is 12.2. The standard InChI is InChI=1S/C19H21FN2O4/c1-10-7-12(23)18-13(6-5-11(20)17(10)18)25-9-15(24)21-16-8-14(22-26-16)19(2,3)4/h5-6,8,10H,7,9H2,1-4H3,(H,21,24). The smallest absolute Gasteiger partial charge is 0.264 e. The summed E-state index contributed by atoms with van der Waals surface area (Å²) in [7, 11) is 0. The Kier molecular flexibility index (Phi) is 4.56. The number of amides is 1. The summed E-state index contributed by atoms with van der Waals surface area (Å²) < 4.78 is 24.5. The van der Waals surface area contributed by atoms with E-state index in [0.717, 1.165) is 0 Å². The molecule has 0 radical (unpaired) electrons. The zero-order valence-corrected chi connectivity index (χ0v) is 15.2. The van der Waals surface area contributed by atoms with Gasteiger partial charge in [-0.3, -0.25) is 14.9 Å². The Morgan fingerprint density at radius 1 is 1.42 bits per heavy atom. The van der Waals surface area contributed by atoms with E-state index in [1.807, 2.05) is 20.8 Å². The van der Waals surface area contributed by atoms with Crippen molar-refractivity contribution in [2.24, 2.45) is 0 Å². The first-order valence-electron chi connectivity index (χ1n) is 8.42. The maximum atomic E-state index is 14.0. The van der Waals surface area contributed by atoms with Gasteiger partial charge in [0, 0.05) is 23.5 Å². The second-order valence-corrected chi connectivity index (χ2v) is 7.53. The molecule has 0 fully saturated rings. The minimum Gasteiger partial charge on any atom is -0.483 e. The number of halogens is 1. The van der Waals surface area contributed by atoms with Crippen molar-refractivity contribution in [2.75, 3.05) is 11.9 Å². The number of fused-ring (bicyclic) bond motifs is 1. The van der Waals surface area contributed by atoms with Crippen molar-refractivity contribution in [3.63, 3.8) is 0 Å². The summed E-state index contributed by atoms with van der Waals surface area (Å²) in [4.78, 5) is 24.2. The van der Waals surface area contributed by atoms with Crippen LogP contribution in [0, 0.1) is 5.82 Å². The fourth-order valence-corrected chi connectivity index (χ4v) is 2.95. The highest BCUT2D eigenvalue weighted by Gasteiger charge is 2.32. The van der Waals surface area contributed by atoms with Crippen LogP contribution in [0.4, 0.5) is 10.3 Å². The van der Waals surface area contributed by atoms with Gasteiger partial charge >= 0.3 is 0 Å². The molecule has 0 aliphatic heterocycles. The molecule has 2 aromatic rings. The first-order valence-corrected chi connectivity index (χ1v) is 8.42. The highest BCUT2D eigenvalue weighted by molar-refractivity contribution is 6.04. The molecule has 1 N–H and O–H groups in total. The zero-order valence-electron chi connectivity index (χ0n) is 15.2. The van der Waals surface area contributed by atoms with Crippen LogP contribution in [0.5, 0.6) is 5.75 Å². The molecule has 1 heterocycles. The molecule has 1 atom stereocenters. The molecule has 1 unspecified atom stereocenters. The van der Waals surface area contributed by atoms with E-state index in [9.17, 15) is 14.0 Å². The predicted molar refractivity (Wildman–Crippen MR) is 93.1 cm³/mol. The van der Waals surface area contributed by atoms with E-state index in [1.54, 1.807) is 13.0 Å². The Balaban J connectivity index is 1.68. The molecular weight excluding hydrogens is 339 g/mol. The van der Waals surface area contributed by atoms with Crippen molar-refractivity contribution in [1.29, 1.82) is 0 Å². The minimum absolute atomic E-state index is 0.174. The van der Waals surface area contributed by atoms with Crippen molar-refractivity contribution >= 4 is 17.6 Å². The number of Topliss-reactive ketones (excluding diaryl/α,β-unsaturated/α-hetero) is 1. The molecule has 0 spiro atoms. The van der Waals surface area contributed by atoms with Crippen molar-refractivity contribution in [3.8, 4) is 5.75 Å². The number of hydrogen-bond donors (Lipinski definition) is 1. The van der Waals surface area contributed by atoms with Gasteiger partial charge in [-0.1, -0.05) is 32.9 Å². The molecule has 138 valence electrons. The van der Waals surface area contributed by atoms with Crippen molar-refractivity contribution in [1.82, 2.24) is 5.16 Å². The lowest BCUT2D eigenvalue weighted by Gasteiger charge is -2.12. The topological polar surface area (TPSA) is 81.4 Å². The summed E-state index contributed by atoms with van der Waals surface area (Å²) in [5.74, 6) is -0.812. The molecule has 0 bridgehead atoms. The van der Waals surface area contributed by atoms with Crippen LogP contribution >= 0.6 is 0 Å². The Hall–Kier alpha value is -2.70. The van der Waals surface area contributed by atoms with E-state index in [4.69, 9.17) is 9.26 Å². The van der Waals surface area contributed by atoms with E-state index in [1.165, 1.54) is 12.1 Å². The molecule has 26 heavy (non-hydrogen) atoms. The van der Waals surface area contributed by atoms with E-state index < -0.39 is 11.7 Å². The van der Waals surface area contributed by atoms with Crippen LogP contribution in [0.1, 0.15) is 61.6 Å². The summed E-state index contributed by atoms with van der Waals surface area (Å²) in [6.07, 6.45) is 0.243. The molecular formula is C19H21FN2O4. The molecule has 6 nitrogen and oxygen atoms in total. The number of benzene rings is 1. The number of carbonyl (C=O) groups is 2. The lowest BCUT2D eigenvalue weighted by molar-refractivity contribution is -0.118. The van der Waals surface area contributed by atoms with Gasteiger partial charge in [0.15, 0.2) is 12.4 Å². The van der Waals surface area contributed by atoms with Crippen molar-refractivity contribution in [3.05, 3.63) is 40.8 Å². The SMILES string of the molecule is CC1CC(=O)c2c(OCC(=O)Nc3cc(C(C)(C)C)no3)ccc(F)c21. The van der Waals surface area contributed by atoms with Gasteiger partial charge in [0.2, 0.25) is 5.88 Å². The molecule has 1 aromatic heterocycles. The highest BCUT2D eigenvalue weighted by Crippen LogP contribution is 2.39. The van der Waals surface area contributed by atoms with E-state index in [2.05, 4.69) is 10.5 Å². The molecule has 1 aliphatic carbocycles. The quantitative estimate of drug-likeness (QED) is 0.896. The summed E-state index contributed by atoms with van der Waals surface area (Å²) in [6, 6.07) is 4.29. The predicted octanol–water partition coefficient (Wildman–Crippen LogP) is 3.82. The van der Waals surface area contributed by atoms with E-state index in [0.29, 0.717) is 11.3 Å². The summed E-state index contributed by atoms with van der Waals surface area (Å²) >= 11 is 0. The van der Waals surface area contributed by atoms with Crippen LogP contribution < -0.4 is 10.1 Å². The van der Waals surface area contributed by atoms with Crippen LogP contribution in [0.3, 0.4) is 0 Å². The fraction of sp³-hybridized carbons (Fsp3) is 0.421. The van der Waals surface area contributed by atoms with Gasteiger partial charge in [0.25, 0.3) is 5.91 Å². The largest absolute Gasteiger partial charge is 0.483 e. The lowest BCUT2D eigenvalue weighted by Crippen LogP contribution is -2.20. The maximum absolute atomic E-state index is 14.0. The number of rotatable bonds is 4. The van der Waals surface area contributed by atoms with Crippen LogP contribution in [0.2, 0.25) is 0 Å². The molecule has 0 saturated heterocycles. The van der Waals surface area contributed by atoms with Gasteiger partial charge in [-0.2, -0.15) is 0 Å². The Morgan fingerprint density at radius 2 is 2.15 bits per heavy atom.